The molecule has 0 atom stereocenters. The summed E-state index contributed by atoms with van der Waals surface area (Å²) in [6.45, 7) is 4.41. The lowest BCUT2D eigenvalue weighted by molar-refractivity contribution is -0.154. The van der Waals surface area contributed by atoms with E-state index in [9.17, 15) is 18.0 Å². The van der Waals surface area contributed by atoms with Gasteiger partial charge in [0.15, 0.2) is 0 Å². The first-order valence-corrected chi connectivity index (χ1v) is 7.51. The second-order valence-corrected chi connectivity index (χ2v) is 7.11. The van der Waals surface area contributed by atoms with Gasteiger partial charge >= 0.3 is 11.9 Å². The molecule has 0 aliphatic heterocycles. The van der Waals surface area contributed by atoms with E-state index in [0.29, 0.717) is 9.87 Å². The molecule has 0 radical (unpaired) electrons. The topological polar surface area (TPSA) is 91.8 Å². The third-order valence-corrected chi connectivity index (χ3v) is 4.41. The minimum atomic E-state index is -4.07. The second kappa shape index (κ2) is 5.62. The zero-order chi connectivity index (χ0) is 15.6. The monoisotopic (exact) mass is 299 g/mol. The number of sulfonamides is 1. The molecule has 0 fully saturated rings. The first-order chi connectivity index (χ1) is 9.05. The fraction of sp³-hybridized carbons (Fsp3) is 0.385. The van der Waals surface area contributed by atoms with E-state index in [1.807, 2.05) is 0 Å². The highest BCUT2D eigenvalue weighted by molar-refractivity contribution is 7.89. The van der Waals surface area contributed by atoms with E-state index in [1.165, 1.54) is 20.8 Å². The predicted octanol–water partition coefficient (Wildman–Crippen LogP) is 1.23. The summed E-state index contributed by atoms with van der Waals surface area (Å²) in [6, 6.07) is 8.28. The summed E-state index contributed by atoms with van der Waals surface area (Å²) >= 11 is 0. The number of benzene rings is 1. The Hall–Kier alpha value is -1.89. The number of carbonyl (C=O) groups excluding carboxylic acids is 1. The summed E-state index contributed by atoms with van der Waals surface area (Å²) < 4.78 is 25.1. The number of carboxylic acid groups (broad SMARTS) is 1. The second-order valence-electron chi connectivity index (χ2n) is 5.29. The highest BCUT2D eigenvalue weighted by atomic mass is 32.2. The van der Waals surface area contributed by atoms with Crippen molar-refractivity contribution >= 4 is 21.9 Å². The zero-order valence-electron chi connectivity index (χ0n) is 11.5. The van der Waals surface area contributed by atoms with Crippen LogP contribution in [0, 0.1) is 0 Å². The van der Waals surface area contributed by atoms with Gasteiger partial charge in [0, 0.05) is 0 Å². The Morgan fingerprint density at radius 3 is 2.05 bits per heavy atom. The molecule has 1 N–H and O–H groups in total. The smallest absolute Gasteiger partial charge is 0.395 e. The molecule has 0 aliphatic rings. The first kappa shape index (κ1) is 16.2. The van der Waals surface area contributed by atoms with Crippen molar-refractivity contribution in [2.45, 2.75) is 32.1 Å². The van der Waals surface area contributed by atoms with Gasteiger partial charge in [-0.3, -0.25) is 4.79 Å². The number of aliphatic carboxylic acids is 1. The van der Waals surface area contributed by atoms with Gasteiger partial charge in [0.1, 0.15) is 0 Å². The van der Waals surface area contributed by atoms with Crippen LogP contribution in [0.4, 0.5) is 0 Å². The Balaban J connectivity index is 3.20. The largest absolute Gasteiger partial charge is 0.474 e. The molecule has 6 nitrogen and oxygen atoms in total. The summed E-state index contributed by atoms with van der Waals surface area (Å²) in [4.78, 5) is 22.5. The number of hydrogen-bond donors (Lipinski definition) is 1. The van der Waals surface area contributed by atoms with Gasteiger partial charge in [-0.2, -0.15) is 0 Å². The Labute approximate surface area is 118 Å². The number of hydrogen-bond acceptors (Lipinski definition) is 4. The van der Waals surface area contributed by atoms with Crippen molar-refractivity contribution in [3.63, 3.8) is 0 Å². The Kier molecular flexibility index (Phi) is 4.54. The standard InChI is InChI=1S/C13H17NO5S/c1-13(2,3)14(11(15)12(16)17)20(18,19)9-10-7-5-4-6-8-10/h4-8H,9H2,1-3H3,(H,16,17). The molecule has 0 bridgehead atoms. The van der Waals surface area contributed by atoms with E-state index < -0.39 is 33.2 Å². The van der Waals surface area contributed by atoms with Crippen LogP contribution in [0.5, 0.6) is 0 Å². The number of carbonyl (C=O) groups is 2. The van der Waals surface area contributed by atoms with E-state index in [0.717, 1.165) is 0 Å². The molecule has 0 saturated heterocycles. The molecule has 0 unspecified atom stereocenters. The average Bonchev–Trinajstić information content (AvgIpc) is 2.26. The van der Waals surface area contributed by atoms with Crippen LogP contribution in [0.3, 0.4) is 0 Å². The minimum absolute atomic E-state index is 0.426. The van der Waals surface area contributed by atoms with Gasteiger partial charge in [0.2, 0.25) is 10.0 Å². The molecule has 0 saturated carbocycles. The van der Waals surface area contributed by atoms with Gasteiger partial charge in [0.05, 0.1) is 11.3 Å². The number of carboxylic acids is 1. The van der Waals surface area contributed by atoms with Crippen LogP contribution in [0.25, 0.3) is 0 Å². The van der Waals surface area contributed by atoms with Gasteiger partial charge in [0.25, 0.3) is 0 Å². The Morgan fingerprint density at radius 2 is 1.65 bits per heavy atom. The van der Waals surface area contributed by atoms with Gasteiger partial charge < -0.3 is 5.11 Å². The maximum absolute atomic E-state index is 12.3. The van der Waals surface area contributed by atoms with Gasteiger partial charge in [-0.15, -0.1) is 0 Å². The van der Waals surface area contributed by atoms with E-state index >= 15 is 0 Å². The zero-order valence-corrected chi connectivity index (χ0v) is 12.3. The Morgan fingerprint density at radius 1 is 1.15 bits per heavy atom. The fourth-order valence-corrected chi connectivity index (χ4v) is 3.69. The minimum Gasteiger partial charge on any atom is -0.474 e. The van der Waals surface area contributed by atoms with Gasteiger partial charge in [-0.25, -0.2) is 17.5 Å². The molecule has 110 valence electrons. The van der Waals surface area contributed by atoms with Crippen molar-refractivity contribution in [3.05, 3.63) is 35.9 Å². The van der Waals surface area contributed by atoms with Crippen molar-refractivity contribution in [2.24, 2.45) is 0 Å². The average molecular weight is 299 g/mol. The maximum atomic E-state index is 12.3. The molecule has 0 spiro atoms. The van der Waals surface area contributed by atoms with Crippen LogP contribution >= 0.6 is 0 Å². The molecule has 0 heterocycles. The Bertz CT molecular complexity index is 601. The lowest BCUT2D eigenvalue weighted by Gasteiger charge is -2.33. The molecule has 1 rings (SSSR count). The molecule has 1 aromatic carbocycles. The molecule has 0 aliphatic carbocycles. The predicted molar refractivity (Wildman–Crippen MR) is 73.3 cm³/mol. The molecular formula is C13H17NO5S. The SMILES string of the molecule is CC(C)(C)N(C(=O)C(=O)O)S(=O)(=O)Cc1ccccc1. The summed E-state index contributed by atoms with van der Waals surface area (Å²) in [6.07, 6.45) is 0. The van der Waals surface area contributed by atoms with Crippen LogP contribution in [0.1, 0.15) is 26.3 Å². The lowest BCUT2D eigenvalue weighted by atomic mass is 10.1. The summed E-state index contributed by atoms with van der Waals surface area (Å²) in [5, 5.41) is 8.79. The van der Waals surface area contributed by atoms with Crippen molar-refractivity contribution in [1.82, 2.24) is 4.31 Å². The highest BCUT2D eigenvalue weighted by Crippen LogP contribution is 2.21. The van der Waals surface area contributed by atoms with Crippen molar-refractivity contribution in [3.8, 4) is 0 Å². The van der Waals surface area contributed by atoms with Crippen LogP contribution in [0.2, 0.25) is 0 Å². The fourth-order valence-electron chi connectivity index (χ4n) is 1.78. The molecular weight excluding hydrogens is 282 g/mol. The molecule has 7 heteroatoms. The number of rotatable bonds is 3. The van der Waals surface area contributed by atoms with Gasteiger partial charge in [-0.05, 0) is 26.3 Å². The highest BCUT2D eigenvalue weighted by Gasteiger charge is 2.40. The van der Waals surface area contributed by atoms with E-state index in [4.69, 9.17) is 5.11 Å². The molecule has 1 amide bonds. The lowest BCUT2D eigenvalue weighted by Crippen LogP contribution is -2.52. The summed E-state index contributed by atoms with van der Waals surface area (Å²) in [5.41, 5.74) is -0.664. The van der Waals surface area contributed by atoms with Crippen LogP contribution in [-0.4, -0.2) is 35.2 Å². The molecule has 20 heavy (non-hydrogen) atoms. The third kappa shape index (κ3) is 3.80. The first-order valence-electron chi connectivity index (χ1n) is 5.90. The van der Waals surface area contributed by atoms with E-state index in [2.05, 4.69) is 0 Å². The molecule has 1 aromatic rings. The van der Waals surface area contributed by atoms with Crippen molar-refractivity contribution < 1.29 is 23.1 Å². The van der Waals surface area contributed by atoms with E-state index in [-0.39, 0.29) is 0 Å². The normalized spacial score (nSPS) is 11.9. The molecule has 0 aromatic heterocycles. The van der Waals surface area contributed by atoms with E-state index in [1.54, 1.807) is 30.3 Å². The summed E-state index contributed by atoms with van der Waals surface area (Å²) in [7, 11) is -4.07. The third-order valence-electron chi connectivity index (χ3n) is 2.45. The van der Waals surface area contributed by atoms with Gasteiger partial charge in [-0.1, -0.05) is 30.3 Å². The summed E-state index contributed by atoms with van der Waals surface area (Å²) in [5.74, 6) is -3.67. The van der Waals surface area contributed by atoms with Crippen molar-refractivity contribution in [1.29, 1.82) is 0 Å². The number of amides is 1. The quantitative estimate of drug-likeness (QED) is 0.847. The van der Waals surface area contributed by atoms with Crippen molar-refractivity contribution in [2.75, 3.05) is 0 Å². The van der Waals surface area contributed by atoms with Crippen LogP contribution in [-0.2, 0) is 25.4 Å². The van der Waals surface area contributed by atoms with Crippen LogP contribution in [0.15, 0.2) is 30.3 Å². The van der Waals surface area contributed by atoms with Crippen LogP contribution < -0.4 is 0 Å². The number of nitrogens with zero attached hydrogens (tertiary/aromatic N) is 1. The maximum Gasteiger partial charge on any atom is 0.395 e.